The number of carbonyl (C=O) groups excluding carboxylic acids is 1. The van der Waals surface area contributed by atoms with Crippen LogP contribution in [0.15, 0.2) is 11.8 Å². The maximum atomic E-state index is 11.0. The summed E-state index contributed by atoms with van der Waals surface area (Å²) in [6, 6.07) is 0. The van der Waals surface area contributed by atoms with Gasteiger partial charge in [-0.05, 0) is 12.8 Å². The van der Waals surface area contributed by atoms with E-state index in [1.807, 2.05) is 0 Å². The van der Waals surface area contributed by atoms with Crippen molar-refractivity contribution in [2.24, 2.45) is 0 Å². The molecule has 0 aromatic carbocycles. The number of nitrogens with zero attached hydrogens (tertiary/aromatic N) is 1. The molecule has 0 saturated carbocycles. The van der Waals surface area contributed by atoms with E-state index in [0.717, 1.165) is 19.3 Å². The second kappa shape index (κ2) is 3.17. The average Bonchev–Trinajstić information content (AvgIpc) is 2.13. The van der Waals surface area contributed by atoms with Gasteiger partial charge in [0, 0.05) is 6.42 Å². The third-order valence-corrected chi connectivity index (χ3v) is 1.60. The van der Waals surface area contributed by atoms with Crippen molar-refractivity contribution in [2.45, 2.75) is 25.7 Å². The summed E-state index contributed by atoms with van der Waals surface area (Å²) >= 11 is 0. The molecule has 0 fully saturated rings. The zero-order chi connectivity index (χ0) is 7.40. The highest BCUT2D eigenvalue weighted by Gasteiger charge is 2.10. The van der Waals surface area contributed by atoms with Gasteiger partial charge in [-0.25, -0.2) is 4.85 Å². The molecular weight excluding hydrogens is 126 g/mol. The number of hydrogen-bond acceptors (Lipinski definition) is 1. The monoisotopic (exact) mass is 135 g/mol. The number of allylic oxidation sites excluding steroid dienone is 2. The molecule has 0 radical (unpaired) electrons. The van der Waals surface area contributed by atoms with Crippen LogP contribution in [0.4, 0.5) is 0 Å². The van der Waals surface area contributed by atoms with Gasteiger partial charge >= 0.3 is 0 Å². The van der Waals surface area contributed by atoms with Crippen LogP contribution in [-0.2, 0) is 4.79 Å². The number of rotatable bonds is 0. The van der Waals surface area contributed by atoms with E-state index in [4.69, 9.17) is 6.57 Å². The number of hydrogen-bond donors (Lipinski definition) is 0. The summed E-state index contributed by atoms with van der Waals surface area (Å²) in [6.07, 6.45) is 5.19. The molecule has 0 amide bonds. The van der Waals surface area contributed by atoms with Gasteiger partial charge in [-0.15, -0.1) is 0 Å². The molecule has 0 unspecified atom stereocenters. The van der Waals surface area contributed by atoms with Crippen LogP contribution in [0.25, 0.3) is 4.85 Å². The first-order chi connectivity index (χ1) is 4.84. The Morgan fingerprint density at radius 2 is 2.30 bits per heavy atom. The van der Waals surface area contributed by atoms with E-state index in [1.54, 1.807) is 6.08 Å². The topological polar surface area (TPSA) is 21.4 Å². The van der Waals surface area contributed by atoms with Crippen molar-refractivity contribution in [1.82, 2.24) is 0 Å². The number of ketones is 1. The summed E-state index contributed by atoms with van der Waals surface area (Å²) in [5, 5.41) is 0. The van der Waals surface area contributed by atoms with Crippen molar-refractivity contribution in [1.29, 1.82) is 0 Å². The normalized spacial score (nSPS) is 19.1. The number of carbonyl (C=O) groups is 1. The highest BCUT2D eigenvalue weighted by molar-refractivity contribution is 5.97. The molecule has 10 heavy (non-hydrogen) atoms. The Labute approximate surface area is 60.4 Å². The predicted molar refractivity (Wildman–Crippen MR) is 38.2 cm³/mol. The maximum Gasteiger partial charge on any atom is 0.225 e. The third kappa shape index (κ3) is 1.44. The molecule has 0 bridgehead atoms. The van der Waals surface area contributed by atoms with Crippen LogP contribution in [0.2, 0.25) is 0 Å². The fourth-order valence-corrected chi connectivity index (χ4v) is 1.02. The Balaban J connectivity index is 2.74. The van der Waals surface area contributed by atoms with Gasteiger partial charge in [0.2, 0.25) is 5.70 Å². The molecule has 1 aliphatic carbocycles. The molecule has 2 heteroatoms. The van der Waals surface area contributed by atoms with Gasteiger partial charge < -0.3 is 4.79 Å². The molecule has 0 aromatic rings. The van der Waals surface area contributed by atoms with E-state index < -0.39 is 0 Å². The fourth-order valence-electron chi connectivity index (χ4n) is 1.02. The first-order valence-electron chi connectivity index (χ1n) is 3.45. The lowest BCUT2D eigenvalue weighted by molar-refractivity contribution is -0.115. The van der Waals surface area contributed by atoms with Gasteiger partial charge in [-0.1, -0.05) is 12.5 Å². The second-order valence-corrected chi connectivity index (χ2v) is 2.37. The average molecular weight is 135 g/mol. The molecule has 0 aromatic heterocycles. The lowest BCUT2D eigenvalue weighted by Gasteiger charge is -1.89. The molecule has 2 nitrogen and oxygen atoms in total. The summed E-state index contributed by atoms with van der Waals surface area (Å²) < 4.78 is 0. The molecule has 0 atom stereocenters. The van der Waals surface area contributed by atoms with Gasteiger partial charge in [0.25, 0.3) is 0 Å². The van der Waals surface area contributed by atoms with E-state index in [9.17, 15) is 4.79 Å². The molecular formula is C8H9NO. The highest BCUT2D eigenvalue weighted by atomic mass is 16.1. The standard InChI is InChI=1S/C8H9NO/c1-9-7-5-3-2-4-6-8(7)10/h5H,2-4,6H2. The first-order valence-corrected chi connectivity index (χ1v) is 3.45. The fraction of sp³-hybridized carbons (Fsp3) is 0.500. The van der Waals surface area contributed by atoms with Crippen LogP contribution < -0.4 is 0 Å². The Hall–Kier alpha value is -1.10. The smallest absolute Gasteiger partial charge is 0.225 e. The third-order valence-electron chi connectivity index (χ3n) is 1.60. The molecule has 0 saturated heterocycles. The van der Waals surface area contributed by atoms with Crippen LogP contribution in [0, 0.1) is 6.57 Å². The van der Waals surface area contributed by atoms with Gasteiger partial charge in [-0.3, -0.25) is 0 Å². The summed E-state index contributed by atoms with van der Waals surface area (Å²) in [5.41, 5.74) is 0.345. The first kappa shape index (κ1) is 7.01. The van der Waals surface area contributed by atoms with Crippen LogP contribution in [0.1, 0.15) is 25.7 Å². The highest BCUT2D eigenvalue weighted by Crippen LogP contribution is 2.14. The molecule has 52 valence electrons. The van der Waals surface area contributed by atoms with Gasteiger partial charge in [0.1, 0.15) is 0 Å². The lowest BCUT2D eigenvalue weighted by atomic mass is 10.2. The minimum Gasteiger partial charge on any atom is -0.308 e. The largest absolute Gasteiger partial charge is 0.308 e. The van der Waals surface area contributed by atoms with E-state index in [0.29, 0.717) is 12.1 Å². The van der Waals surface area contributed by atoms with Gasteiger partial charge in [0.15, 0.2) is 5.78 Å². The quantitative estimate of drug-likeness (QED) is 0.465. The minimum absolute atomic E-state index is 0.0208. The number of Topliss-reactive ketones (excluding diaryl/α,β-unsaturated/α-hetero) is 1. The van der Waals surface area contributed by atoms with Gasteiger partial charge in [0.05, 0.1) is 6.57 Å². The van der Waals surface area contributed by atoms with Crippen molar-refractivity contribution in [3.05, 3.63) is 23.2 Å². The molecule has 0 spiro atoms. The van der Waals surface area contributed by atoms with Gasteiger partial charge in [-0.2, -0.15) is 0 Å². The zero-order valence-electron chi connectivity index (χ0n) is 5.76. The minimum atomic E-state index is 0.0208. The second-order valence-electron chi connectivity index (χ2n) is 2.37. The molecule has 0 heterocycles. The van der Waals surface area contributed by atoms with Crippen LogP contribution >= 0.6 is 0 Å². The SMILES string of the molecule is [C-]#[N+]C1=CCCCCC1=O. The van der Waals surface area contributed by atoms with Crippen molar-refractivity contribution in [2.75, 3.05) is 0 Å². The summed E-state index contributed by atoms with van der Waals surface area (Å²) in [5.74, 6) is 0.0208. The Morgan fingerprint density at radius 1 is 1.50 bits per heavy atom. The van der Waals surface area contributed by atoms with Crippen molar-refractivity contribution in [3.8, 4) is 0 Å². The van der Waals surface area contributed by atoms with E-state index >= 15 is 0 Å². The molecule has 0 N–H and O–H groups in total. The Morgan fingerprint density at radius 3 is 3.00 bits per heavy atom. The van der Waals surface area contributed by atoms with E-state index in [1.165, 1.54) is 0 Å². The Kier molecular flexibility index (Phi) is 2.22. The molecule has 1 rings (SSSR count). The summed E-state index contributed by atoms with van der Waals surface area (Å²) in [7, 11) is 0. The zero-order valence-corrected chi connectivity index (χ0v) is 5.76. The molecule has 1 aliphatic rings. The predicted octanol–water partition coefficient (Wildman–Crippen LogP) is 1.93. The summed E-state index contributed by atoms with van der Waals surface area (Å²) in [4.78, 5) is 14.1. The Bertz CT molecular complexity index is 210. The van der Waals surface area contributed by atoms with E-state index in [2.05, 4.69) is 4.85 Å². The van der Waals surface area contributed by atoms with Crippen LogP contribution in [0.5, 0.6) is 0 Å². The van der Waals surface area contributed by atoms with Crippen LogP contribution in [0.3, 0.4) is 0 Å². The van der Waals surface area contributed by atoms with Crippen molar-refractivity contribution >= 4 is 5.78 Å². The summed E-state index contributed by atoms with van der Waals surface area (Å²) in [6.45, 7) is 6.66. The maximum absolute atomic E-state index is 11.0. The van der Waals surface area contributed by atoms with Crippen molar-refractivity contribution < 1.29 is 4.79 Å². The molecule has 0 aliphatic heterocycles. The lowest BCUT2D eigenvalue weighted by Crippen LogP contribution is -1.95. The van der Waals surface area contributed by atoms with Crippen molar-refractivity contribution in [3.63, 3.8) is 0 Å². The van der Waals surface area contributed by atoms with E-state index in [-0.39, 0.29) is 5.78 Å². The van der Waals surface area contributed by atoms with Crippen LogP contribution in [-0.4, -0.2) is 5.78 Å².